The van der Waals surface area contributed by atoms with Crippen LogP contribution >= 0.6 is 0 Å². The predicted octanol–water partition coefficient (Wildman–Crippen LogP) is 4.27. The number of hydrogen-bond acceptors (Lipinski definition) is 3. The summed E-state index contributed by atoms with van der Waals surface area (Å²) < 4.78 is 0. The highest BCUT2D eigenvalue weighted by Crippen LogP contribution is 2.22. The zero-order valence-corrected chi connectivity index (χ0v) is 13.0. The molecule has 0 saturated carbocycles. The summed E-state index contributed by atoms with van der Waals surface area (Å²) in [5, 5.41) is 10.8. The van der Waals surface area contributed by atoms with E-state index in [2.05, 4.69) is 35.2 Å². The maximum atomic E-state index is 10.8. The molecule has 0 unspecified atom stereocenters. The molecule has 3 rings (SSSR count). The van der Waals surface area contributed by atoms with Crippen LogP contribution in [0.15, 0.2) is 60.2 Å². The Morgan fingerprint density at radius 1 is 1.04 bits per heavy atom. The number of hydrogen-bond donors (Lipinski definition) is 0. The summed E-state index contributed by atoms with van der Waals surface area (Å²) in [7, 11) is 0. The summed E-state index contributed by atoms with van der Waals surface area (Å²) in [5.74, 6) is 0. The van der Waals surface area contributed by atoms with Crippen molar-refractivity contribution in [2.24, 2.45) is 0 Å². The van der Waals surface area contributed by atoms with Gasteiger partial charge in [0.05, 0.1) is 4.92 Å². The fourth-order valence-electron chi connectivity index (χ4n) is 2.95. The lowest BCUT2D eigenvalue weighted by atomic mass is 10.00. The minimum atomic E-state index is -0.343. The van der Waals surface area contributed by atoms with Crippen LogP contribution in [0, 0.1) is 10.1 Å². The van der Waals surface area contributed by atoms with Crippen molar-refractivity contribution in [2.75, 3.05) is 13.1 Å². The summed E-state index contributed by atoms with van der Waals surface area (Å²) in [5.41, 5.74) is 3.79. The molecule has 0 amide bonds. The lowest BCUT2D eigenvalue weighted by Gasteiger charge is -2.28. The fourth-order valence-corrected chi connectivity index (χ4v) is 2.95. The standard InChI is InChI=1S/C19H20N2O2/c22-21(23)19-8-4-7-18(14-19)13-16-9-11-20(12-10-16)15-17-5-2-1-3-6-17/h1-8,13-14H,9-12,15H2. The Morgan fingerprint density at radius 2 is 1.78 bits per heavy atom. The van der Waals surface area contributed by atoms with Gasteiger partial charge >= 0.3 is 0 Å². The zero-order valence-electron chi connectivity index (χ0n) is 13.0. The highest BCUT2D eigenvalue weighted by Gasteiger charge is 2.14. The highest BCUT2D eigenvalue weighted by atomic mass is 16.6. The largest absolute Gasteiger partial charge is 0.298 e. The third-order valence-electron chi connectivity index (χ3n) is 4.20. The Hall–Kier alpha value is -2.46. The number of piperidine rings is 1. The molecule has 0 spiro atoms. The average molecular weight is 308 g/mol. The first kappa shape index (κ1) is 15.4. The van der Waals surface area contributed by atoms with Gasteiger partial charge in [-0.2, -0.15) is 0 Å². The molecule has 0 bridgehead atoms. The number of rotatable bonds is 4. The Morgan fingerprint density at radius 3 is 2.48 bits per heavy atom. The molecule has 1 heterocycles. The predicted molar refractivity (Wildman–Crippen MR) is 92.0 cm³/mol. The molecule has 0 aromatic heterocycles. The van der Waals surface area contributed by atoms with Gasteiger partial charge < -0.3 is 0 Å². The van der Waals surface area contributed by atoms with Crippen LogP contribution in [-0.2, 0) is 6.54 Å². The third kappa shape index (κ3) is 4.27. The van der Waals surface area contributed by atoms with E-state index in [1.165, 1.54) is 17.2 Å². The molecular formula is C19H20N2O2. The van der Waals surface area contributed by atoms with Crippen LogP contribution in [0.3, 0.4) is 0 Å². The number of likely N-dealkylation sites (tertiary alicyclic amines) is 1. The summed E-state index contributed by atoms with van der Waals surface area (Å²) in [6.07, 6.45) is 4.15. The van der Waals surface area contributed by atoms with Gasteiger partial charge in [0.15, 0.2) is 0 Å². The lowest BCUT2D eigenvalue weighted by Crippen LogP contribution is -2.30. The summed E-state index contributed by atoms with van der Waals surface area (Å²) in [4.78, 5) is 13.0. The first-order valence-electron chi connectivity index (χ1n) is 7.91. The molecule has 1 saturated heterocycles. The number of nitro benzene ring substituents is 1. The van der Waals surface area contributed by atoms with Gasteiger partial charge in [-0.15, -0.1) is 0 Å². The van der Waals surface area contributed by atoms with Crippen LogP contribution in [0.5, 0.6) is 0 Å². The van der Waals surface area contributed by atoms with E-state index in [4.69, 9.17) is 0 Å². The van der Waals surface area contributed by atoms with Crippen molar-refractivity contribution in [3.63, 3.8) is 0 Å². The van der Waals surface area contributed by atoms with Crippen LogP contribution in [0.2, 0.25) is 0 Å². The summed E-state index contributed by atoms with van der Waals surface area (Å²) in [6, 6.07) is 17.4. The molecule has 0 N–H and O–H groups in total. The Kier molecular flexibility index (Phi) is 4.83. The minimum absolute atomic E-state index is 0.154. The Bertz CT molecular complexity index is 700. The van der Waals surface area contributed by atoms with Crippen LogP contribution in [0.4, 0.5) is 5.69 Å². The minimum Gasteiger partial charge on any atom is -0.298 e. The molecule has 4 nitrogen and oxygen atoms in total. The molecule has 1 fully saturated rings. The molecule has 4 heteroatoms. The van der Waals surface area contributed by atoms with E-state index in [0.717, 1.165) is 38.0 Å². The molecule has 0 radical (unpaired) electrons. The smallest absolute Gasteiger partial charge is 0.270 e. The van der Waals surface area contributed by atoms with Crippen LogP contribution in [0.1, 0.15) is 24.0 Å². The maximum absolute atomic E-state index is 10.8. The van der Waals surface area contributed by atoms with Gasteiger partial charge in [-0.1, -0.05) is 54.1 Å². The van der Waals surface area contributed by atoms with E-state index >= 15 is 0 Å². The number of nitro groups is 1. The van der Waals surface area contributed by atoms with Gasteiger partial charge in [-0.3, -0.25) is 15.0 Å². The topological polar surface area (TPSA) is 46.4 Å². The summed E-state index contributed by atoms with van der Waals surface area (Å²) >= 11 is 0. The van der Waals surface area contributed by atoms with E-state index in [1.807, 2.05) is 12.1 Å². The van der Waals surface area contributed by atoms with Crippen molar-refractivity contribution < 1.29 is 4.92 Å². The molecule has 0 atom stereocenters. The number of benzene rings is 2. The second kappa shape index (κ2) is 7.20. The van der Waals surface area contributed by atoms with Crippen molar-refractivity contribution in [1.29, 1.82) is 0 Å². The molecule has 2 aromatic rings. The summed E-state index contributed by atoms with van der Waals surface area (Å²) in [6.45, 7) is 3.07. The Labute approximate surface area is 136 Å². The van der Waals surface area contributed by atoms with E-state index in [1.54, 1.807) is 12.1 Å². The van der Waals surface area contributed by atoms with Crippen molar-refractivity contribution in [2.45, 2.75) is 19.4 Å². The maximum Gasteiger partial charge on any atom is 0.270 e. The molecule has 1 aliphatic heterocycles. The number of nitrogens with zero attached hydrogens (tertiary/aromatic N) is 2. The lowest BCUT2D eigenvalue weighted by molar-refractivity contribution is -0.384. The zero-order chi connectivity index (χ0) is 16.1. The van der Waals surface area contributed by atoms with Crippen molar-refractivity contribution in [3.05, 3.63) is 81.4 Å². The molecule has 0 aliphatic carbocycles. The first-order valence-corrected chi connectivity index (χ1v) is 7.91. The molecule has 118 valence electrons. The van der Waals surface area contributed by atoms with Gasteiger partial charge in [0.1, 0.15) is 0 Å². The Balaban J connectivity index is 1.60. The monoisotopic (exact) mass is 308 g/mol. The van der Waals surface area contributed by atoms with E-state index < -0.39 is 0 Å². The van der Waals surface area contributed by atoms with Gasteiger partial charge in [-0.25, -0.2) is 0 Å². The average Bonchev–Trinajstić information content (AvgIpc) is 2.58. The van der Waals surface area contributed by atoms with E-state index in [9.17, 15) is 10.1 Å². The van der Waals surface area contributed by atoms with Crippen molar-refractivity contribution >= 4 is 11.8 Å². The normalized spacial score (nSPS) is 15.4. The van der Waals surface area contributed by atoms with Gasteiger partial charge in [-0.05, 0) is 24.0 Å². The van der Waals surface area contributed by atoms with Crippen molar-refractivity contribution in [3.8, 4) is 0 Å². The van der Waals surface area contributed by atoms with Gasteiger partial charge in [0, 0.05) is 31.8 Å². The molecule has 1 aliphatic rings. The first-order chi connectivity index (χ1) is 11.2. The SMILES string of the molecule is O=[N+]([O-])c1cccc(C=C2CCN(Cc3ccccc3)CC2)c1. The molecule has 23 heavy (non-hydrogen) atoms. The number of non-ortho nitro benzene ring substituents is 1. The van der Waals surface area contributed by atoms with E-state index in [-0.39, 0.29) is 10.6 Å². The molecule has 2 aromatic carbocycles. The quantitative estimate of drug-likeness (QED) is 0.626. The van der Waals surface area contributed by atoms with Crippen LogP contribution < -0.4 is 0 Å². The second-order valence-electron chi connectivity index (χ2n) is 5.92. The second-order valence-corrected chi connectivity index (χ2v) is 5.92. The van der Waals surface area contributed by atoms with Crippen LogP contribution in [0.25, 0.3) is 6.08 Å². The van der Waals surface area contributed by atoms with Crippen molar-refractivity contribution in [1.82, 2.24) is 4.90 Å². The molecular weight excluding hydrogens is 288 g/mol. The third-order valence-corrected chi connectivity index (χ3v) is 4.20. The highest BCUT2D eigenvalue weighted by molar-refractivity contribution is 5.56. The fraction of sp³-hybridized carbons (Fsp3) is 0.263. The van der Waals surface area contributed by atoms with Crippen LogP contribution in [-0.4, -0.2) is 22.9 Å². The van der Waals surface area contributed by atoms with Gasteiger partial charge in [0.2, 0.25) is 0 Å². The van der Waals surface area contributed by atoms with E-state index in [0.29, 0.717) is 0 Å². The van der Waals surface area contributed by atoms with Gasteiger partial charge in [0.25, 0.3) is 5.69 Å².